The molecule has 1 heteroatoms. The van der Waals surface area contributed by atoms with Gasteiger partial charge in [0.2, 0.25) is 0 Å². The molecule has 1 aromatic carbocycles. The number of thiophene rings is 1. The lowest BCUT2D eigenvalue weighted by atomic mass is 9.88. The summed E-state index contributed by atoms with van der Waals surface area (Å²) in [4.78, 5) is 1.34. The van der Waals surface area contributed by atoms with Crippen molar-refractivity contribution >= 4 is 17.4 Å². The molecule has 100 valence electrons. The van der Waals surface area contributed by atoms with Crippen molar-refractivity contribution in [2.24, 2.45) is 5.41 Å². The molecule has 1 heterocycles. The zero-order valence-electron chi connectivity index (χ0n) is 12.0. The summed E-state index contributed by atoms with van der Waals surface area (Å²) >= 11 is 1.82. The fourth-order valence-corrected chi connectivity index (χ4v) is 3.07. The van der Waals surface area contributed by atoms with E-state index in [4.69, 9.17) is 0 Å². The van der Waals surface area contributed by atoms with Gasteiger partial charge in [-0.2, -0.15) is 0 Å². The van der Waals surface area contributed by atoms with Crippen molar-refractivity contribution in [3.63, 3.8) is 0 Å². The Bertz CT molecular complexity index is 532. The zero-order valence-corrected chi connectivity index (χ0v) is 12.8. The maximum Gasteiger partial charge on any atom is 0.0273 e. The number of hydrogen-bond acceptors (Lipinski definition) is 1. The Morgan fingerprint density at radius 1 is 1.11 bits per heavy atom. The first-order valence-electron chi connectivity index (χ1n) is 6.94. The summed E-state index contributed by atoms with van der Waals surface area (Å²) in [6, 6.07) is 12.8. The molecule has 2 aromatic rings. The van der Waals surface area contributed by atoms with E-state index in [1.54, 1.807) is 0 Å². The van der Waals surface area contributed by atoms with Crippen LogP contribution in [0.3, 0.4) is 0 Å². The van der Waals surface area contributed by atoms with Gasteiger partial charge in [0.1, 0.15) is 0 Å². The molecule has 0 bridgehead atoms. The van der Waals surface area contributed by atoms with Gasteiger partial charge in [-0.1, -0.05) is 63.6 Å². The maximum atomic E-state index is 2.34. The molecule has 0 spiro atoms. The largest absolute Gasteiger partial charge is 0.144 e. The van der Waals surface area contributed by atoms with Crippen molar-refractivity contribution < 1.29 is 0 Å². The van der Waals surface area contributed by atoms with Gasteiger partial charge in [-0.25, -0.2) is 0 Å². The van der Waals surface area contributed by atoms with Gasteiger partial charge in [0.15, 0.2) is 0 Å². The molecule has 0 atom stereocenters. The second kappa shape index (κ2) is 6.21. The molecular formula is C18H22S. The average Bonchev–Trinajstić information content (AvgIpc) is 2.86. The normalized spacial score (nSPS) is 12.2. The molecule has 0 unspecified atom stereocenters. The van der Waals surface area contributed by atoms with E-state index in [2.05, 4.69) is 74.7 Å². The van der Waals surface area contributed by atoms with Crippen LogP contribution in [0.5, 0.6) is 0 Å². The fourth-order valence-electron chi connectivity index (χ4n) is 2.26. The van der Waals surface area contributed by atoms with Gasteiger partial charge in [-0.15, -0.1) is 11.3 Å². The van der Waals surface area contributed by atoms with Gasteiger partial charge in [0.05, 0.1) is 0 Å². The lowest BCUT2D eigenvalue weighted by molar-refractivity contribution is 0.434. The Morgan fingerprint density at radius 3 is 2.53 bits per heavy atom. The Labute approximate surface area is 120 Å². The summed E-state index contributed by atoms with van der Waals surface area (Å²) in [5.74, 6) is 0. The molecule has 0 aliphatic rings. The first-order valence-corrected chi connectivity index (χ1v) is 7.82. The molecule has 0 aliphatic carbocycles. The first-order chi connectivity index (χ1) is 9.11. The lowest BCUT2D eigenvalue weighted by Gasteiger charge is -2.18. The number of hydrogen-bond donors (Lipinski definition) is 0. The van der Waals surface area contributed by atoms with Crippen LogP contribution in [-0.2, 0) is 0 Å². The van der Waals surface area contributed by atoms with E-state index in [0.717, 1.165) is 0 Å². The molecule has 0 saturated heterocycles. The van der Waals surface area contributed by atoms with Gasteiger partial charge < -0.3 is 0 Å². The molecular weight excluding hydrogens is 248 g/mol. The Kier molecular flexibility index (Phi) is 4.60. The summed E-state index contributed by atoms with van der Waals surface area (Å²) < 4.78 is 0. The summed E-state index contributed by atoms with van der Waals surface area (Å²) in [5, 5.41) is 2.24. The first kappa shape index (κ1) is 14.1. The molecule has 0 radical (unpaired) electrons. The van der Waals surface area contributed by atoms with Crippen LogP contribution in [0.2, 0.25) is 0 Å². The van der Waals surface area contributed by atoms with Crippen molar-refractivity contribution in [3.05, 3.63) is 52.7 Å². The van der Waals surface area contributed by atoms with Crippen LogP contribution in [0, 0.1) is 5.41 Å². The van der Waals surface area contributed by atoms with Crippen molar-refractivity contribution in [2.75, 3.05) is 0 Å². The maximum absolute atomic E-state index is 2.34. The fraction of sp³-hybridized carbons (Fsp3) is 0.333. The summed E-state index contributed by atoms with van der Waals surface area (Å²) in [6.07, 6.45) is 7.08. The minimum absolute atomic E-state index is 0.297. The second-order valence-electron chi connectivity index (χ2n) is 5.68. The number of allylic oxidation sites excluding steroid dienone is 1. The van der Waals surface area contributed by atoms with E-state index in [0.29, 0.717) is 5.41 Å². The van der Waals surface area contributed by atoms with Crippen LogP contribution in [0.25, 0.3) is 17.2 Å². The predicted molar refractivity (Wildman–Crippen MR) is 87.5 cm³/mol. The monoisotopic (exact) mass is 270 g/mol. The van der Waals surface area contributed by atoms with E-state index in [9.17, 15) is 0 Å². The highest BCUT2D eigenvalue weighted by atomic mass is 32.1. The van der Waals surface area contributed by atoms with Gasteiger partial charge >= 0.3 is 0 Å². The van der Waals surface area contributed by atoms with Gasteiger partial charge in [-0.3, -0.25) is 0 Å². The van der Waals surface area contributed by atoms with E-state index in [-0.39, 0.29) is 0 Å². The number of rotatable bonds is 5. The standard InChI is InChI=1S/C18H22S/c1-4-11-18(2,3)12-10-17-13-16(14-19-17)15-8-6-5-7-9-15/h5-10,12-14H,4,11H2,1-3H3/b12-10+. The summed E-state index contributed by atoms with van der Waals surface area (Å²) in [5.41, 5.74) is 2.91. The van der Waals surface area contributed by atoms with Crippen LogP contribution in [0.15, 0.2) is 47.9 Å². The van der Waals surface area contributed by atoms with Gasteiger partial charge in [0, 0.05) is 4.88 Å². The van der Waals surface area contributed by atoms with E-state index < -0.39 is 0 Å². The topological polar surface area (TPSA) is 0 Å². The third kappa shape index (κ3) is 4.07. The molecule has 2 rings (SSSR count). The molecule has 0 nitrogen and oxygen atoms in total. The van der Waals surface area contributed by atoms with Crippen LogP contribution < -0.4 is 0 Å². The molecule has 0 fully saturated rings. The van der Waals surface area contributed by atoms with Crippen molar-refractivity contribution in [2.45, 2.75) is 33.6 Å². The summed E-state index contributed by atoms with van der Waals surface area (Å²) in [6.45, 7) is 6.85. The molecule has 0 aliphatic heterocycles. The zero-order chi connectivity index (χ0) is 13.7. The van der Waals surface area contributed by atoms with E-state index in [1.807, 2.05) is 11.3 Å². The smallest absolute Gasteiger partial charge is 0.0273 e. The third-order valence-electron chi connectivity index (χ3n) is 3.32. The Morgan fingerprint density at radius 2 is 1.84 bits per heavy atom. The SMILES string of the molecule is CCCC(C)(C)/C=C/c1cc(-c2ccccc2)cs1. The lowest BCUT2D eigenvalue weighted by Crippen LogP contribution is -2.05. The molecule has 0 amide bonds. The molecule has 19 heavy (non-hydrogen) atoms. The predicted octanol–water partition coefficient (Wildman–Crippen LogP) is 6.25. The van der Waals surface area contributed by atoms with E-state index >= 15 is 0 Å². The van der Waals surface area contributed by atoms with Crippen LogP contribution in [0.4, 0.5) is 0 Å². The highest BCUT2D eigenvalue weighted by molar-refractivity contribution is 7.11. The quantitative estimate of drug-likeness (QED) is 0.602. The molecule has 0 N–H and O–H groups in total. The highest BCUT2D eigenvalue weighted by Crippen LogP contribution is 2.29. The van der Waals surface area contributed by atoms with Crippen molar-refractivity contribution in [1.29, 1.82) is 0 Å². The van der Waals surface area contributed by atoms with Gasteiger partial charge in [-0.05, 0) is 40.5 Å². The van der Waals surface area contributed by atoms with Crippen LogP contribution in [-0.4, -0.2) is 0 Å². The van der Waals surface area contributed by atoms with Crippen molar-refractivity contribution in [3.8, 4) is 11.1 Å². The molecule has 0 saturated carbocycles. The minimum atomic E-state index is 0.297. The Balaban J connectivity index is 2.12. The van der Waals surface area contributed by atoms with E-state index in [1.165, 1.54) is 28.8 Å². The molecule has 1 aromatic heterocycles. The highest BCUT2D eigenvalue weighted by Gasteiger charge is 2.11. The second-order valence-corrected chi connectivity index (χ2v) is 6.62. The minimum Gasteiger partial charge on any atom is -0.144 e. The van der Waals surface area contributed by atoms with Crippen LogP contribution in [0.1, 0.15) is 38.5 Å². The van der Waals surface area contributed by atoms with Crippen LogP contribution >= 0.6 is 11.3 Å². The summed E-state index contributed by atoms with van der Waals surface area (Å²) in [7, 11) is 0. The number of benzene rings is 1. The Hall–Kier alpha value is -1.34. The third-order valence-corrected chi connectivity index (χ3v) is 4.22. The average molecular weight is 270 g/mol. The van der Waals surface area contributed by atoms with Crippen molar-refractivity contribution in [1.82, 2.24) is 0 Å². The van der Waals surface area contributed by atoms with Gasteiger partial charge in [0.25, 0.3) is 0 Å².